The molecule has 4 heterocycles. The van der Waals surface area contributed by atoms with Crippen LogP contribution in [0.25, 0.3) is 5.52 Å². The lowest BCUT2D eigenvalue weighted by molar-refractivity contribution is -0.195. The van der Waals surface area contributed by atoms with Crippen LogP contribution in [0.5, 0.6) is 0 Å². The van der Waals surface area contributed by atoms with E-state index in [-0.39, 0.29) is 11.5 Å². The molecule has 21 heteroatoms. The van der Waals surface area contributed by atoms with Crippen molar-refractivity contribution in [1.29, 1.82) is 5.26 Å². The van der Waals surface area contributed by atoms with E-state index in [0.717, 1.165) is 6.33 Å². The summed E-state index contributed by atoms with van der Waals surface area (Å²) >= 11 is 0. The Bertz CT molecular complexity index is 1320. The van der Waals surface area contributed by atoms with E-state index in [1.54, 1.807) is 0 Å². The minimum atomic E-state index is -5.75. The minimum Gasteiger partial charge on any atom is -0.387 e. The molecule has 6 atom stereocenters. The number of hydrogen-bond acceptors (Lipinski definition) is 13. The number of nitriles is 1. The number of nitrogens with zero attached hydrogens (tertiary/aromatic N) is 4. The van der Waals surface area contributed by atoms with E-state index < -0.39 is 60.1 Å². The summed E-state index contributed by atoms with van der Waals surface area (Å²) in [5.41, 5.74) is 2.26. The summed E-state index contributed by atoms with van der Waals surface area (Å²) in [4.78, 5) is 40.0. The highest BCUT2D eigenvalue weighted by Crippen LogP contribution is 2.66. The molecule has 186 valence electrons. The number of anilines is 1. The average molecular weight is 543 g/mol. The van der Waals surface area contributed by atoms with Crippen molar-refractivity contribution in [2.75, 3.05) is 18.9 Å². The van der Waals surface area contributed by atoms with Gasteiger partial charge < -0.3 is 39.9 Å². The van der Waals surface area contributed by atoms with Crippen molar-refractivity contribution in [3.05, 3.63) is 24.2 Å². The van der Waals surface area contributed by atoms with Gasteiger partial charge in [-0.3, -0.25) is 4.52 Å². The molecule has 2 aromatic heterocycles. The quantitative estimate of drug-likeness (QED) is 0.215. The van der Waals surface area contributed by atoms with Crippen molar-refractivity contribution >= 4 is 34.8 Å². The Kier molecular flexibility index (Phi) is 6.04. The number of aliphatic hydroxyl groups is 1. The molecule has 4 rings (SSSR count). The maximum atomic E-state index is 12.1. The molecule has 0 saturated carbocycles. The average Bonchev–Trinajstić information content (AvgIpc) is 3.34. The lowest BCUT2D eigenvalue weighted by Crippen LogP contribution is -2.48. The number of phosphoric acid groups is 3. The number of ether oxygens (including phenoxy) is 2. The van der Waals surface area contributed by atoms with E-state index >= 15 is 0 Å². The fourth-order valence-corrected chi connectivity index (χ4v) is 6.79. The van der Waals surface area contributed by atoms with Crippen molar-refractivity contribution in [2.45, 2.75) is 23.4 Å². The minimum absolute atomic E-state index is 0.0846. The van der Waals surface area contributed by atoms with Gasteiger partial charge in [0.25, 0.3) is 0 Å². The first-order valence-electron chi connectivity index (χ1n) is 8.92. The number of aliphatic hydroxyl groups excluding tert-OH is 1. The van der Waals surface area contributed by atoms with Crippen molar-refractivity contribution in [1.82, 2.24) is 14.6 Å². The van der Waals surface area contributed by atoms with E-state index in [1.165, 1.54) is 16.6 Å². The lowest BCUT2D eigenvalue weighted by Gasteiger charge is -2.35. The van der Waals surface area contributed by atoms with E-state index in [1.807, 2.05) is 6.07 Å². The third-order valence-corrected chi connectivity index (χ3v) is 8.80. The van der Waals surface area contributed by atoms with Gasteiger partial charge in [0.2, 0.25) is 5.60 Å². The monoisotopic (exact) mass is 543 g/mol. The molecule has 0 aromatic carbocycles. The van der Waals surface area contributed by atoms with Gasteiger partial charge in [-0.25, -0.2) is 23.2 Å². The predicted molar refractivity (Wildman–Crippen MR) is 104 cm³/mol. The SMILES string of the molecule is N#CC1(c2ccc3c(N)ncnn23)OC2(COP(=O)(O)OP(=O)(O)OP(=O)(O)O)COC1C2O. The molecular weight excluding hydrogens is 527 g/mol. The van der Waals surface area contributed by atoms with Crippen LogP contribution in [0.2, 0.25) is 0 Å². The number of rotatable bonds is 8. The lowest BCUT2D eigenvalue weighted by atomic mass is 9.91. The summed E-state index contributed by atoms with van der Waals surface area (Å²) in [6, 6.07) is 4.82. The molecule has 0 radical (unpaired) electrons. The molecule has 2 aliphatic rings. The largest absolute Gasteiger partial charge is 0.490 e. The molecule has 2 bridgehead atoms. The molecule has 7 N–H and O–H groups in total. The summed E-state index contributed by atoms with van der Waals surface area (Å²) in [7, 11) is -16.9. The van der Waals surface area contributed by atoms with E-state index in [4.69, 9.17) is 25.0 Å². The van der Waals surface area contributed by atoms with Crippen LogP contribution in [-0.4, -0.2) is 70.3 Å². The van der Waals surface area contributed by atoms with Crippen LogP contribution in [0.3, 0.4) is 0 Å². The zero-order chi connectivity index (χ0) is 25.2. The van der Waals surface area contributed by atoms with Crippen LogP contribution in [0.1, 0.15) is 5.69 Å². The van der Waals surface area contributed by atoms with Crippen molar-refractivity contribution < 1.29 is 61.0 Å². The normalized spacial score (nSPS) is 32.4. The summed E-state index contributed by atoms with van der Waals surface area (Å²) in [5, 5.41) is 24.7. The highest BCUT2D eigenvalue weighted by molar-refractivity contribution is 7.66. The first-order chi connectivity index (χ1) is 15.6. The summed E-state index contributed by atoms with van der Waals surface area (Å²) in [6.07, 6.45) is -1.81. The maximum absolute atomic E-state index is 12.1. The second-order valence-electron chi connectivity index (χ2n) is 7.22. The molecular formula is C13H16N5O13P3. The third kappa shape index (κ3) is 4.32. The van der Waals surface area contributed by atoms with Crippen LogP contribution in [0, 0.1) is 11.3 Å². The Hall–Kier alpha value is -1.80. The number of nitrogens with two attached hydrogens (primary N) is 1. The molecule has 34 heavy (non-hydrogen) atoms. The van der Waals surface area contributed by atoms with E-state index in [2.05, 4.69) is 23.2 Å². The van der Waals surface area contributed by atoms with Gasteiger partial charge in [-0.2, -0.15) is 19.0 Å². The fraction of sp³-hybridized carbons (Fsp3) is 0.462. The van der Waals surface area contributed by atoms with Gasteiger partial charge in [-0.1, -0.05) is 0 Å². The molecule has 2 aliphatic heterocycles. The van der Waals surface area contributed by atoms with Gasteiger partial charge >= 0.3 is 23.5 Å². The van der Waals surface area contributed by atoms with Crippen LogP contribution in [0.4, 0.5) is 5.82 Å². The Morgan fingerprint density at radius 2 is 1.94 bits per heavy atom. The summed E-state index contributed by atoms with van der Waals surface area (Å²) in [5.74, 6) is 0.0846. The number of hydrogen-bond donors (Lipinski definition) is 6. The van der Waals surface area contributed by atoms with Gasteiger partial charge in [0.15, 0.2) is 5.82 Å². The van der Waals surface area contributed by atoms with Crippen molar-refractivity contribution in [2.24, 2.45) is 0 Å². The van der Waals surface area contributed by atoms with Gasteiger partial charge in [0.05, 0.1) is 18.9 Å². The Morgan fingerprint density at radius 1 is 1.24 bits per heavy atom. The number of fused-ring (bicyclic) bond motifs is 3. The summed E-state index contributed by atoms with van der Waals surface area (Å²) in [6.45, 7) is -1.45. The van der Waals surface area contributed by atoms with Gasteiger partial charge in [-0.15, -0.1) is 0 Å². The molecule has 2 aromatic rings. The standard InChI is InChI=1S/C13H16N5O13P3/c14-3-13(8-2-1-7-11(15)16-6-17-18(7)8)10-9(19)12(29-13,4-27-10)5-28-33(23,24)31-34(25,26)30-32(20,21)22/h1-2,6,9-10,19H,4-5H2,(H,23,24)(H,25,26)(H2,15,16,17)(H2,20,21,22). The van der Waals surface area contributed by atoms with Gasteiger partial charge in [-0.05, 0) is 12.1 Å². The molecule has 6 unspecified atom stereocenters. The van der Waals surface area contributed by atoms with Crippen LogP contribution in [0.15, 0.2) is 18.5 Å². The zero-order valence-corrected chi connectivity index (χ0v) is 19.2. The van der Waals surface area contributed by atoms with Crippen molar-refractivity contribution in [3.8, 4) is 6.07 Å². The van der Waals surface area contributed by atoms with Gasteiger partial charge in [0, 0.05) is 0 Å². The second kappa shape index (κ2) is 8.12. The first-order valence-corrected chi connectivity index (χ1v) is 13.4. The molecule has 0 amide bonds. The Labute approximate surface area is 188 Å². The molecule has 2 fully saturated rings. The second-order valence-corrected chi connectivity index (χ2v) is 11.6. The zero-order valence-electron chi connectivity index (χ0n) is 16.5. The number of aromatic nitrogens is 3. The van der Waals surface area contributed by atoms with Crippen LogP contribution >= 0.6 is 23.5 Å². The predicted octanol–water partition coefficient (Wildman–Crippen LogP) is -1.10. The third-order valence-electron chi connectivity index (χ3n) is 5.01. The number of nitrogen functional groups attached to an aromatic ring is 1. The smallest absolute Gasteiger partial charge is 0.387 e. The van der Waals surface area contributed by atoms with Crippen molar-refractivity contribution in [3.63, 3.8) is 0 Å². The maximum Gasteiger partial charge on any atom is 0.490 e. The highest BCUT2D eigenvalue weighted by atomic mass is 31.3. The molecule has 0 spiro atoms. The fourth-order valence-electron chi connectivity index (χ4n) is 3.72. The topological polar surface area (TPSA) is 279 Å². The molecule has 2 saturated heterocycles. The summed E-state index contributed by atoms with van der Waals surface area (Å²) < 4.78 is 58.8. The van der Waals surface area contributed by atoms with E-state index in [9.17, 15) is 33.9 Å². The van der Waals surface area contributed by atoms with E-state index in [0.29, 0.717) is 5.52 Å². The Balaban J connectivity index is 1.59. The Morgan fingerprint density at radius 3 is 2.59 bits per heavy atom. The van der Waals surface area contributed by atoms with Gasteiger partial charge in [0.1, 0.15) is 35.7 Å². The molecule has 18 nitrogen and oxygen atoms in total. The van der Waals surface area contributed by atoms with Crippen LogP contribution < -0.4 is 5.73 Å². The molecule has 0 aliphatic carbocycles. The highest BCUT2D eigenvalue weighted by Gasteiger charge is 2.70. The first kappa shape index (κ1) is 25.3. The number of phosphoric ester groups is 1. The van der Waals surface area contributed by atoms with Crippen LogP contribution in [-0.2, 0) is 41.9 Å².